The van der Waals surface area contributed by atoms with Gasteiger partial charge in [-0.25, -0.2) is 0 Å². The second-order valence-electron chi connectivity index (χ2n) is 6.77. The standard InChI is InChI=1S/C23H20ClNO3/c24-21-7-2-1-5-19(21)12-25-22-9-8-18(11-20(22)14-28-15-23(25)27)17-6-3-4-16(10-17)13-26/h1-11,26H,12-15H2. The van der Waals surface area contributed by atoms with E-state index in [9.17, 15) is 9.90 Å². The fourth-order valence-electron chi connectivity index (χ4n) is 3.42. The smallest absolute Gasteiger partial charge is 0.253 e. The number of nitrogens with zero attached hydrogens (tertiary/aromatic N) is 1. The summed E-state index contributed by atoms with van der Waals surface area (Å²) in [5.74, 6) is -0.0892. The largest absolute Gasteiger partial charge is 0.392 e. The number of hydrogen-bond donors (Lipinski definition) is 1. The van der Waals surface area contributed by atoms with Crippen molar-refractivity contribution in [3.63, 3.8) is 0 Å². The van der Waals surface area contributed by atoms with Gasteiger partial charge in [0.15, 0.2) is 0 Å². The highest BCUT2D eigenvalue weighted by atomic mass is 35.5. The van der Waals surface area contributed by atoms with Gasteiger partial charge in [0.05, 0.1) is 19.8 Å². The minimum absolute atomic E-state index is 0.00199. The van der Waals surface area contributed by atoms with Crippen molar-refractivity contribution in [3.05, 3.63) is 88.4 Å². The van der Waals surface area contributed by atoms with Gasteiger partial charge in [-0.1, -0.05) is 54.1 Å². The van der Waals surface area contributed by atoms with Crippen molar-refractivity contribution in [2.45, 2.75) is 19.8 Å². The number of aliphatic hydroxyl groups excluding tert-OH is 1. The van der Waals surface area contributed by atoms with Crippen LogP contribution in [0.15, 0.2) is 66.7 Å². The van der Waals surface area contributed by atoms with Crippen LogP contribution in [0.25, 0.3) is 11.1 Å². The van der Waals surface area contributed by atoms with E-state index in [1.165, 1.54) is 0 Å². The molecule has 1 N–H and O–H groups in total. The van der Waals surface area contributed by atoms with E-state index in [0.717, 1.165) is 33.5 Å². The number of amides is 1. The molecule has 28 heavy (non-hydrogen) atoms. The monoisotopic (exact) mass is 393 g/mol. The molecule has 1 heterocycles. The summed E-state index contributed by atoms with van der Waals surface area (Å²) in [5, 5.41) is 10.0. The summed E-state index contributed by atoms with van der Waals surface area (Å²) >= 11 is 6.30. The number of aliphatic hydroxyl groups is 1. The second-order valence-corrected chi connectivity index (χ2v) is 7.17. The van der Waals surface area contributed by atoms with Crippen molar-refractivity contribution in [2.75, 3.05) is 11.5 Å². The lowest BCUT2D eigenvalue weighted by Gasteiger charge is -2.23. The summed E-state index contributed by atoms with van der Waals surface area (Å²) < 4.78 is 5.60. The molecular formula is C23H20ClNO3. The topological polar surface area (TPSA) is 49.8 Å². The molecule has 0 unspecified atom stereocenters. The molecule has 0 aromatic heterocycles. The zero-order valence-electron chi connectivity index (χ0n) is 15.3. The number of carbonyl (C=O) groups excluding carboxylic acids is 1. The predicted octanol–water partition coefficient (Wildman–Crippen LogP) is 4.56. The van der Waals surface area contributed by atoms with Crippen molar-refractivity contribution >= 4 is 23.2 Å². The summed E-state index contributed by atoms with van der Waals surface area (Å²) in [6.07, 6.45) is 0. The van der Waals surface area contributed by atoms with Crippen LogP contribution < -0.4 is 4.90 Å². The number of rotatable bonds is 4. The first kappa shape index (κ1) is 18.7. The van der Waals surface area contributed by atoms with Crippen LogP contribution in [0.5, 0.6) is 0 Å². The van der Waals surface area contributed by atoms with Crippen LogP contribution in [-0.2, 0) is 29.3 Å². The molecule has 0 atom stereocenters. The Morgan fingerprint density at radius 3 is 2.61 bits per heavy atom. The second kappa shape index (κ2) is 8.15. The molecule has 0 radical (unpaired) electrons. The summed E-state index contributed by atoms with van der Waals surface area (Å²) in [4.78, 5) is 14.4. The molecule has 0 spiro atoms. The lowest BCUT2D eigenvalue weighted by atomic mass is 10.00. The molecule has 5 heteroatoms. The highest BCUT2D eigenvalue weighted by Crippen LogP contribution is 2.32. The van der Waals surface area contributed by atoms with Crippen LogP contribution in [0.2, 0.25) is 5.02 Å². The van der Waals surface area contributed by atoms with Gasteiger partial charge in [0, 0.05) is 16.3 Å². The van der Waals surface area contributed by atoms with Gasteiger partial charge < -0.3 is 14.7 Å². The van der Waals surface area contributed by atoms with Gasteiger partial charge in [-0.3, -0.25) is 4.79 Å². The van der Waals surface area contributed by atoms with E-state index in [-0.39, 0.29) is 19.1 Å². The number of benzene rings is 3. The van der Waals surface area contributed by atoms with Gasteiger partial charge in [0.25, 0.3) is 5.91 Å². The van der Waals surface area contributed by atoms with Crippen molar-refractivity contribution < 1.29 is 14.6 Å². The third-order valence-corrected chi connectivity index (χ3v) is 5.25. The third-order valence-electron chi connectivity index (χ3n) is 4.88. The van der Waals surface area contributed by atoms with Gasteiger partial charge in [-0.2, -0.15) is 0 Å². The molecular weight excluding hydrogens is 374 g/mol. The number of ether oxygens (including phenoxy) is 1. The van der Waals surface area contributed by atoms with Crippen LogP contribution in [0.3, 0.4) is 0 Å². The van der Waals surface area contributed by atoms with E-state index in [1.807, 2.05) is 66.7 Å². The third kappa shape index (κ3) is 3.80. The molecule has 0 bridgehead atoms. The lowest BCUT2D eigenvalue weighted by molar-refractivity contribution is -0.123. The molecule has 4 rings (SSSR count). The fourth-order valence-corrected chi connectivity index (χ4v) is 3.62. The van der Waals surface area contributed by atoms with Crippen molar-refractivity contribution in [1.29, 1.82) is 0 Å². The van der Waals surface area contributed by atoms with Gasteiger partial charge in [0.1, 0.15) is 6.61 Å². The van der Waals surface area contributed by atoms with Crippen LogP contribution in [0, 0.1) is 0 Å². The number of hydrogen-bond acceptors (Lipinski definition) is 3. The first-order valence-corrected chi connectivity index (χ1v) is 9.48. The van der Waals surface area contributed by atoms with E-state index in [4.69, 9.17) is 16.3 Å². The molecule has 3 aromatic carbocycles. The van der Waals surface area contributed by atoms with E-state index >= 15 is 0 Å². The Morgan fingerprint density at radius 1 is 0.964 bits per heavy atom. The molecule has 1 aliphatic heterocycles. The summed E-state index contributed by atoms with van der Waals surface area (Å²) in [5.41, 5.74) is 5.57. The number of carbonyl (C=O) groups is 1. The Labute approximate surface area is 168 Å². The summed E-state index contributed by atoms with van der Waals surface area (Å²) in [6, 6.07) is 21.3. The molecule has 0 aliphatic carbocycles. The van der Waals surface area contributed by atoms with Gasteiger partial charge in [-0.15, -0.1) is 0 Å². The Kier molecular flexibility index (Phi) is 5.44. The molecule has 1 amide bonds. The first-order chi connectivity index (χ1) is 13.7. The van der Waals surface area contributed by atoms with Crippen molar-refractivity contribution in [3.8, 4) is 11.1 Å². The van der Waals surface area contributed by atoms with Gasteiger partial charge in [0.2, 0.25) is 0 Å². The fraction of sp³-hybridized carbons (Fsp3) is 0.174. The maximum atomic E-state index is 12.7. The lowest BCUT2D eigenvalue weighted by Crippen LogP contribution is -2.32. The molecule has 1 aliphatic rings. The van der Waals surface area contributed by atoms with Crippen molar-refractivity contribution in [1.82, 2.24) is 0 Å². The van der Waals surface area contributed by atoms with Crippen LogP contribution >= 0.6 is 11.6 Å². The summed E-state index contributed by atoms with van der Waals surface area (Å²) in [7, 11) is 0. The van der Waals surface area contributed by atoms with Crippen LogP contribution in [0.1, 0.15) is 16.7 Å². The Morgan fingerprint density at radius 2 is 1.79 bits per heavy atom. The predicted molar refractivity (Wildman–Crippen MR) is 110 cm³/mol. The molecule has 3 aromatic rings. The van der Waals surface area contributed by atoms with Crippen molar-refractivity contribution in [2.24, 2.45) is 0 Å². The van der Waals surface area contributed by atoms with E-state index in [1.54, 1.807) is 4.90 Å². The maximum Gasteiger partial charge on any atom is 0.253 e. The zero-order valence-corrected chi connectivity index (χ0v) is 16.0. The quantitative estimate of drug-likeness (QED) is 0.706. The van der Waals surface area contributed by atoms with E-state index in [2.05, 4.69) is 0 Å². The average Bonchev–Trinajstić information content (AvgIpc) is 2.88. The normalized spacial score (nSPS) is 13.9. The highest BCUT2D eigenvalue weighted by molar-refractivity contribution is 6.31. The Hall–Kier alpha value is -2.66. The molecule has 0 saturated carbocycles. The Balaban J connectivity index is 1.72. The minimum atomic E-state index is -0.0892. The minimum Gasteiger partial charge on any atom is -0.392 e. The SMILES string of the molecule is O=C1COCc2cc(-c3cccc(CO)c3)ccc2N1Cc1ccccc1Cl. The van der Waals surface area contributed by atoms with E-state index < -0.39 is 0 Å². The molecule has 0 fully saturated rings. The maximum absolute atomic E-state index is 12.7. The molecule has 0 saturated heterocycles. The Bertz CT molecular complexity index is 1020. The molecule has 142 valence electrons. The van der Waals surface area contributed by atoms with Gasteiger partial charge >= 0.3 is 0 Å². The van der Waals surface area contributed by atoms with Crippen LogP contribution in [-0.4, -0.2) is 17.6 Å². The number of fused-ring (bicyclic) bond motifs is 1. The highest BCUT2D eigenvalue weighted by Gasteiger charge is 2.24. The average molecular weight is 394 g/mol. The first-order valence-electron chi connectivity index (χ1n) is 9.10. The van der Waals surface area contributed by atoms with E-state index in [0.29, 0.717) is 18.2 Å². The summed E-state index contributed by atoms with van der Waals surface area (Å²) in [6.45, 7) is 0.804. The number of halogens is 1. The number of anilines is 1. The van der Waals surface area contributed by atoms with Gasteiger partial charge in [-0.05, 0) is 46.5 Å². The molecule has 4 nitrogen and oxygen atoms in total. The van der Waals surface area contributed by atoms with Crippen LogP contribution in [0.4, 0.5) is 5.69 Å². The zero-order chi connectivity index (χ0) is 19.5.